The normalized spacial score (nSPS) is 11.6. The predicted molar refractivity (Wildman–Crippen MR) is 72.8 cm³/mol. The molecule has 0 amide bonds. The summed E-state index contributed by atoms with van der Waals surface area (Å²) in [5.74, 6) is -2.47. The highest BCUT2D eigenvalue weighted by Crippen LogP contribution is 2.24. The van der Waals surface area contributed by atoms with E-state index in [0.717, 1.165) is 12.1 Å². The molecule has 2 rings (SSSR count). The predicted octanol–water partition coefficient (Wildman–Crippen LogP) is 2.83. The molecule has 0 aromatic heterocycles. The third kappa shape index (κ3) is 2.80. The molecular weight excluding hydrogens is 284 g/mol. The second-order valence-corrected chi connectivity index (χ2v) is 6.44. The fourth-order valence-electron chi connectivity index (χ4n) is 1.96. The molecule has 20 heavy (non-hydrogen) atoms. The largest absolute Gasteiger partial charge is 0.399 e. The van der Waals surface area contributed by atoms with Crippen LogP contribution in [0.1, 0.15) is 11.1 Å². The van der Waals surface area contributed by atoms with Crippen LogP contribution in [0.15, 0.2) is 41.3 Å². The van der Waals surface area contributed by atoms with Gasteiger partial charge in [-0.2, -0.15) is 0 Å². The van der Waals surface area contributed by atoms with Crippen molar-refractivity contribution in [1.29, 1.82) is 0 Å². The molecule has 6 heteroatoms. The summed E-state index contributed by atoms with van der Waals surface area (Å²) in [4.78, 5) is 0.0225. The molecule has 0 saturated carbocycles. The number of hydrogen-bond acceptors (Lipinski definition) is 3. The molecule has 0 atom stereocenters. The minimum atomic E-state index is -3.84. The van der Waals surface area contributed by atoms with Gasteiger partial charge in [0.1, 0.15) is 11.6 Å². The second kappa shape index (κ2) is 5.20. The number of anilines is 1. The highest BCUT2D eigenvalue weighted by Gasteiger charge is 2.22. The van der Waals surface area contributed by atoms with Gasteiger partial charge in [-0.05, 0) is 42.8 Å². The zero-order chi connectivity index (χ0) is 14.9. The summed E-state index contributed by atoms with van der Waals surface area (Å²) >= 11 is 0. The average molecular weight is 297 g/mol. The number of hydrogen-bond donors (Lipinski definition) is 1. The fraction of sp³-hybridized carbons (Fsp3) is 0.143. The van der Waals surface area contributed by atoms with Crippen LogP contribution >= 0.6 is 0 Å². The van der Waals surface area contributed by atoms with Crippen molar-refractivity contribution in [1.82, 2.24) is 0 Å². The van der Waals surface area contributed by atoms with Gasteiger partial charge in [-0.25, -0.2) is 17.2 Å². The van der Waals surface area contributed by atoms with E-state index in [0.29, 0.717) is 11.3 Å². The molecule has 2 aromatic rings. The standard InChI is InChI=1S/C14H13F2NO2S/c1-9-7-10(17)5-6-14(9)20(18,19)8-11-12(15)3-2-4-13(11)16/h2-7H,8,17H2,1H3. The average Bonchev–Trinajstić information content (AvgIpc) is 2.33. The summed E-state index contributed by atoms with van der Waals surface area (Å²) < 4.78 is 51.6. The first kappa shape index (κ1) is 14.5. The monoisotopic (exact) mass is 297 g/mol. The zero-order valence-corrected chi connectivity index (χ0v) is 11.5. The quantitative estimate of drug-likeness (QED) is 0.886. The van der Waals surface area contributed by atoms with E-state index >= 15 is 0 Å². The summed E-state index contributed by atoms with van der Waals surface area (Å²) in [5.41, 5.74) is 5.98. The lowest BCUT2D eigenvalue weighted by Crippen LogP contribution is -2.10. The van der Waals surface area contributed by atoms with Crippen molar-refractivity contribution in [2.24, 2.45) is 0 Å². The van der Waals surface area contributed by atoms with E-state index in [1.807, 2.05) is 0 Å². The summed E-state index contributed by atoms with van der Waals surface area (Å²) in [6, 6.07) is 7.55. The van der Waals surface area contributed by atoms with E-state index in [1.54, 1.807) is 6.92 Å². The van der Waals surface area contributed by atoms with Gasteiger partial charge in [0, 0.05) is 11.3 Å². The molecule has 0 aliphatic heterocycles. The van der Waals surface area contributed by atoms with Gasteiger partial charge in [0.2, 0.25) is 0 Å². The third-order valence-electron chi connectivity index (χ3n) is 2.93. The van der Waals surface area contributed by atoms with E-state index in [2.05, 4.69) is 0 Å². The van der Waals surface area contributed by atoms with E-state index < -0.39 is 32.8 Å². The molecule has 0 saturated heterocycles. The summed E-state index contributed by atoms with van der Waals surface area (Å²) in [6.45, 7) is 1.58. The maximum Gasteiger partial charge on any atom is 0.182 e. The Balaban J connectivity index is 2.46. The van der Waals surface area contributed by atoms with Crippen molar-refractivity contribution in [2.75, 3.05) is 5.73 Å². The second-order valence-electron chi connectivity index (χ2n) is 4.48. The van der Waals surface area contributed by atoms with Crippen molar-refractivity contribution in [2.45, 2.75) is 17.6 Å². The number of aryl methyl sites for hydroxylation is 1. The molecule has 0 fully saturated rings. The Kier molecular flexibility index (Phi) is 3.76. The Morgan fingerprint density at radius 1 is 1.10 bits per heavy atom. The molecule has 0 heterocycles. The number of benzene rings is 2. The van der Waals surface area contributed by atoms with Crippen LogP contribution < -0.4 is 5.73 Å². The van der Waals surface area contributed by atoms with Gasteiger partial charge in [-0.1, -0.05) is 6.07 Å². The Hall–Kier alpha value is -1.95. The lowest BCUT2D eigenvalue weighted by molar-refractivity contribution is 0.555. The SMILES string of the molecule is Cc1cc(N)ccc1S(=O)(=O)Cc1c(F)cccc1F. The molecule has 2 aromatic carbocycles. The van der Waals surface area contributed by atoms with Crippen molar-refractivity contribution < 1.29 is 17.2 Å². The van der Waals surface area contributed by atoms with Crippen LogP contribution in [-0.4, -0.2) is 8.42 Å². The van der Waals surface area contributed by atoms with Crippen LogP contribution in [0.2, 0.25) is 0 Å². The van der Waals surface area contributed by atoms with Crippen LogP contribution in [0.25, 0.3) is 0 Å². The van der Waals surface area contributed by atoms with Crippen LogP contribution in [-0.2, 0) is 15.6 Å². The third-order valence-corrected chi connectivity index (χ3v) is 4.73. The van der Waals surface area contributed by atoms with Crippen molar-refractivity contribution in [3.63, 3.8) is 0 Å². The van der Waals surface area contributed by atoms with Crippen LogP contribution in [0.3, 0.4) is 0 Å². The van der Waals surface area contributed by atoms with Crippen molar-refractivity contribution in [3.05, 3.63) is 59.2 Å². The van der Waals surface area contributed by atoms with E-state index in [9.17, 15) is 17.2 Å². The van der Waals surface area contributed by atoms with E-state index in [-0.39, 0.29) is 4.90 Å². The van der Waals surface area contributed by atoms with Crippen LogP contribution in [0, 0.1) is 18.6 Å². The molecule has 3 nitrogen and oxygen atoms in total. The Labute approximate surface area is 116 Å². The summed E-state index contributed by atoms with van der Waals surface area (Å²) in [7, 11) is -3.84. The molecule has 0 radical (unpaired) electrons. The summed E-state index contributed by atoms with van der Waals surface area (Å²) in [6.07, 6.45) is 0. The van der Waals surface area contributed by atoms with Crippen molar-refractivity contribution >= 4 is 15.5 Å². The molecular formula is C14H13F2NO2S. The number of rotatable bonds is 3. The lowest BCUT2D eigenvalue weighted by Gasteiger charge is -2.09. The molecule has 0 aliphatic rings. The first-order valence-corrected chi connectivity index (χ1v) is 7.48. The Morgan fingerprint density at radius 2 is 1.70 bits per heavy atom. The van der Waals surface area contributed by atoms with Crippen LogP contribution in [0.5, 0.6) is 0 Å². The number of halogens is 2. The molecule has 2 N–H and O–H groups in total. The Morgan fingerprint density at radius 3 is 2.25 bits per heavy atom. The maximum absolute atomic E-state index is 13.5. The van der Waals surface area contributed by atoms with E-state index in [4.69, 9.17) is 5.73 Å². The smallest absolute Gasteiger partial charge is 0.182 e. The van der Waals surface area contributed by atoms with Gasteiger partial charge in [0.25, 0.3) is 0 Å². The minimum absolute atomic E-state index is 0.0225. The summed E-state index contributed by atoms with van der Waals surface area (Å²) in [5, 5.41) is 0. The highest BCUT2D eigenvalue weighted by atomic mass is 32.2. The fourth-order valence-corrected chi connectivity index (χ4v) is 3.60. The number of sulfone groups is 1. The first-order chi connectivity index (χ1) is 9.31. The van der Waals surface area contributed by atoms with E-state index in [1.165, 1.54) is 24.3 Å². The minimum Gasteiger partial charge on any atom is -0.399 e. The van der Waals surface area contributed by atoms with Gasteiger partial charge < -0.3 is 5.73 Å². The molecule has 106 valence electrons. The molecule has 0 spiro atoms. The number of nitrogen functional groups attached to an aromatic ring is 1. The van der Waals surface area contributed by atoms with Gasteiger partial charge in [-0.15, -0.1) is 0 Å². The number of nitrogens with two attached hydrogens (primary N) is 1. The van der Waals surface area contributed by atoms with Gasteiger partial charge in [0.15, 0.2) is 9.84 Å². The molecule has 0 unspecified atom stereocenters. The topological polar surface area (TPSA) is 60.2 Å². The van der Waals surface area contributed by atoms with Gasteiger partial charge >= 0.3 is 0 Å². The van der Waals surface area contributed by atoms with Crippen LogP contribution in [0.4, 0.5) is 14.5 Å². The highest BCUT2D eigenvalue weighted by molar-refractivity contribution is 7.90. The molecule has 0 bridgehead atoms. The van der Waals surface area contributed by atoms with Gasteiger partial charge in [-0.3, -0.25) is 0 Å². The Bertz CT molecular complexity index is 738. The maximum atomic E-state index is 13.5. The van der Waals surface area contributed by atoms with Crippen molar-refractivity contribution in [3.8, 4) is 0 Å². The molecule has 0 aliphatic carbocycles. The zero-order valence-electron chi connectivity index (χ0n) is 10.7. The van der Waals surface area contributed by atoms with Gasteiger partial charge in [0.05, 0.1) is 10.6 Å². The first-order valence-electron chi connectivity index (χ1n) is 5.83. The lowest BCUT2D eigenvalue weighted by atomic mass is 10.2.